The van der Waals surface area contributed by atoms with Gasteiger partial charge in [0.25, 0.3) is 0 Å². The predicted octanol–water partition coefficient (Wildman–Crippen LogP) is 1.09. The lowest BCUT2D eigenvalue weighted by Gasteiger charge is -2.07. The largest absolute Gasteiger partial charge is 0.480 e. The highest BCUT2D eigenvalue weighted by Crippen LogP contribution is 2.21. The Labute approximate surface area is 102 Å². The van der Waals surface area contributed by atoms with Gasteiger partial charge >= 0.3 is 5.97 Å². The van der Waals surface area contributed by atoms with Crippen LogP contribution in [0.5, 0.6) is 0 Å². The molecule has 5 nitrogen and oxygen atoms in total. The third-order valence-electron chi connectivity index (χ3n) is 1.77. The zero-order valence-corrected chi connectivity index (χ0v) is 9.42. The Bertz CT molecular complexity index is 440. The fourth-order valence-corrected chi connectivity index (χ4v) is 1.28. The summed E-state index contributed by atoms with van der Waals surface area (Å²) in [6.45, 7) is -0.482. The molecular formula is C10H10ClFN2O3. The molecule has 1 rings (SSSR count). The third-order valence-corrected chi connectivity index (χ3v) is 2.08. The van der Waals surface area contributed by atoms with Crippen LogP contribution >= 0.6 is 11.6 Å². The Morgan fingerprint density at radius 1 is 1.35 bits per heavy atom. The molecule has 0 aliphatic rings. The summed E-state index contributed by atoms with van der Waals surface area (Å²) in [4.78, 5) is 21.5. The van der Waals surface area contributed by atoms with Gasteiger partial charge in [-0.1, -0.05) is 11.6 Å². The molecule has 7 heteroatoms. The molecule has 17 heavy (non-hydrogen) atoms. The Morgan fingerprint density at radius 2 is 2.06 bits per heavy atom. The van der Waals surface area contributed by atoms with E-state index < -0.39 is 17.7 Å². The molecule has 0 unspecified atom stereocenters. The van der Waals surface area contributed by atoms with Crippen LogP contribution in [-0.2, 0) is 9.59 Å². The summed E-state index contributed by atoms with van der Waals surface area (Å²) in [5.74, 6) is -2.02. The van der Waals surface area contributed by atoms with Gasteiger partial charge in [-0.25, -0.2) is 4.39 Å². The monoisotopic (exact) mass is 260 g/mol. The summed E-state index contributed by atoms with van der Waals surface area (Å²) in [5.41, 5.74) is 0.273. The van der Waals surface area contributed by atoms with E-state index in [-0.39, 0.29) is 23.8 Å². The van der Waals surface area contributed by atoms with Crippen molar-refractivity contribution in [2.24, 2.45) is 0 Å². The van der Waals surface area contributed by atoms with Gasteiger partial charge in [-0.15, -0.1) is 0 Å². The first-order valence-corrected chi connectivity index (χ1v) is 5.04. The minimum absolute atomic E-state index is 0.0802. The lowest BCUT2D eigenvalue weighted by molar-refractivity contribution is -0.135. The smallest absolute Gasteiger partial charge is 0.317 e. The number of benzene rings is 1. The Morgan fingerprint density at radius 3 is 2.65 bits per heavy atom. The van der Waals surface area contributed by atoms with Crippen molar-refractivity contribution < 1.29 is 19.1 Å². The van der Waals surface area contributed by atoms with Crippen molar-refractivity contribution >= 4 is 29.2 Å². The third kappa shape index (κ3) is 4.80. The minimum Gasteiger partial charge on any atom is -0.480 e. The molecule has 0 atom stereocenters. The van der Waals surface area contributed by atoms with E-state index in [1.54, 1.807) is 0 Å². The number of carbonyl (C=O) groups excluding carboxylic acids is 1. The molecule has 0 spiro atoms. The van der Waals surface area contributed by atoms with Crippen molar-refractivity contribution in [1.29, 1.82) is 0 Å². The number of carboxylic acid groups (broad SMARTS) is 1. The van der Waals surface area contributed by atoms with Crippen LogP contribution in [0.3, 0.4) is 0 Å². The highest BCUT2D eigenvalue weighted by Gasteiger charge is 2.07. The maximum absolute atomic E-state index is 12.7. The van der Waals surface area contributed by atoms with Crippen LogP contribution in [0.1, 0.15) is 0 Å². The summed E-state index contributed by atoms with van der Waals surface area (Å²) in [5, 5.41) is 13.2. The molecule has 0 saturated heterocycles. The Hall–Kier alpha value is -1.66. The van der Waals surface area contributed by atoms with E-state index >= 15 is 0 Å². The molecule has 0 aliphatic carbocycles. The van der Waals surface area contributed by atoms with Gasteiger partial charge in [-0.3, -0.25) is 14.9 Å². The summed E-state index contributed by atoms with van der Waals surface area (Å²) in [6.07, 6.45) is 0. The number of amides is 1. The first-order valence-electron chi connectivity index (χ1n) is 4.66. The molecule has 1 aromatic rings. The van der Waals surface area contributed by atoms with Crippen LogP contribution in [0.2, 0.25) is 5.02 Å². The molecular weight excluding hydrogens is 251 g/mol. The lowest BCUT2D eigenvalue weighted by atomic mass is 10.3. The SMILES string of the molecule is O=C(O)CNCC(=O)Nc1ccc(F)cc1Cl. The van der Waals surface area contributed by atoms with E-state index in [0.29, 0.717) is 0 Å². The Kier molecular flexibility index (Phi) is 4.86. The number of carboxylic acids is 1. The number of rotatable bonds is 5. The van der Waals surface area contributed by atoms with Crippen molar-refractivity contribution in [1.82, 2.24) is 5.32 Å². The second-order valence-corrected chi connectivity index (χ2v) is 3.58. The molecule has 3 N–H and O–H groups in total. The zero-order chi connectivity index (χ0) is 12.8. The Balaban J connectivity index is 2.48. The predicted molar refractivity (Wildman–Crippen MR) is 60.5 cm³/mol. The van der Waals surface area contributed by atoms with Gasteiger partial charge in [0.2, 0.25) is 5.91 Å². The normalized spacial score (nSPS) is 10.0. The average molecular weight is 261 g/mol. The molecule has 0 bridgehead atoms. The van der Waals surface area contributed by atoms with Crippen molar-refractivity contribution in [2.75, 3.05) is 18.4 Å². The van der Waals surface area contributed by atoms with E-state index in [1.807, 2.05) is 0 Å². The van der Waals surface area contributed by atoms with Crippen molar-refractivity contribution in [2.45, 2.75) is 0 Å². The molecule has 92 valence electrons. The van der Waals surface area contributed by atoms with Gasteiger partial charge < -0.3 is 10.4 Å². The highest BCUT2D eigenvalue weighted by atomic mass is 35.5. The summed E-state index contributed by atoms with van der Waals surface area (Å²) < 4.78 is 12.7. The van der Waals surface area contributed by atoms with Crippen LogP contribution < -0.4 is 10.6 Å². The standard InChI is InChI=1S/C10H10ClFN2O3/c11-7-3-6(12)1-2-8(7)14-9(15)4-13-5-10(16)17/h1-3,13H,4-5H2,(H,14,15)(H,16,17). The lowest BCUT2D eigenvalue weighted by Crippen LogP contribution is -2.31. The summed E-state index contributed by atoms with van der Waals surface area (Å²) >= 11 is 5.69. The number of hydrogen-bond acceptors (Lipinski definition) is 3. The average Bonchev–Trinajstić information content (AvgIpc) is 2.21. The number of aliphatic carboxylic acids is 1. The van der Waals surface area contributed by atoms with Gasteiger partial charge in [-0.2, -0.15) is 0 Å². The molecule has 0 aliphatic heterocycles. The second-order valence-electron chi connectivity index (χ2n) is 3.17. The van der Waals surface area contributed by atoms with Crippen molar-refractivity contribution in [3.05, 3.63) is 29.0 Å². The first kappa shape index (κ1) is 13.4. The van der Waals surface area contributed by atoms with Crippen molar-refractivity contribution in [3.8, 4) is 0 Å². The summed E-state index contributed by atoms with van der Waals surface area (Å²) in [6, 6.07) is 3.56. The number of carbonyl (C=O) groups is 2. The van der Waals surface area contributed by atoms with Crippen LogP contribution in [0.15, 0.2) is 18.2 Å². The van der Waals surface area contributed by atoms with E-state index in [0.717, 1.165) is 12.1 Å². The van der Waals surface area contributed by atoms with Crippen LogP contribution in [0, 0.1) is 5.82 Å². The molecule has 0 heterocycles. The van der Waals surface area contributed by atoms with Crippen molar-refractivity contribution in [3.63, 3.8) is 0 Å². The van der Waals surface area contributed by atoms with Gasteiger partial charge in [-0.05, 0) is 18.2 Å². The van der Waals surface area contributed by atoms with Crippen LogP contribution in [0.25, 0.3) is 0 Å². The highest BCUT2D eigenvalue weighted by molar-refractivity contribution is 6.33. The van der Waals surface area contributed by atoms with Gasteiger partial charge in [0.05, 0.1) is 23.8 Å². The molecule has 0 aromatic heterocycles. The quantitative estimate of drug-likeness (QED) is 0.741. The molecule has 0 fully saturated rings. The van der Waals surface area contributed by atoms with E-state index in [2.05, 4.69) is 10.6 Å². The summed E-state index contributed by atoms with van der Waals surface area (Å²) in [7, 11) is 0. The molecule has 1 aromatic carbocycles. The topological polar surface area (TPSA) is 78.4 Å². The van der Waals surface area contributed by atoms with Gasteiger partial charge in [0, 0.05) is 0 Å². The number of halogens is 2. The van der Waals surface area contributed by atoms with E-state index in [1.165, 1.54) is 6.07 Å². The first-order chi connectivity index (χ1) is 7.99. The molecule has 1 amide bonds. The number of hydrogen-bond donors (Lipinski definition) is 3. The van der Waals surface area contributed by atoms with Crippen LogP contribution in [-0.4, -0.2) is 30.1 Å². The van der Waals surface area contributed by atoms with Gasteiger partial charge in [0.1, 0.15) is 5.82 Å². The fraction of sp³-hybridized carbons (Fsp3) is 0.200. The van der Waals surface area contributed by atoms with E-state index in [4.69, 9.17) is 16.7 Å². The van der Waals surface area contributed by atoms with Crippen LogP contribution in [0.4, 0.5) is 10.1 Å². The zero-order valence-electron chi connectivity index (χ0n) is 8.67. The maximum atomic E-state index is 12.7. The minimum atomic E-state index is -1.06. The molecule has 0 saturated carbocycles. The number of nitrogens with one attached hydrogen (secondary N) is 2. The number of anilines is 1. The van der Waals surface area contributed by atoms with E-state index in [9.17, 15) is 14.0 Å². The van der Waals surface area contributed by atoms with Gasteiger partial charge in [0.15, 0.2) is 0 Å². The molecule has 0 radical (unpaired) electrons. The maximum Gasteiger partial charge on any atom is 0.317 e. The second kappa shape index (κ2) is 6.17. The fourth-order valence-electron chi connectivity index (χ4n) is 1.07.